The zero-order valence-electron chi connectivity index (χ0n) is 15.8. The molecule has 0 aliphatic heterocycles. The van der Waals surface area contributed by atoms with E-state index in [2.05, 4.69) is 10.1 Å². The number of carbonyl (C=O) groups is 1. The SMILES string of the molecule is CC(C(=O)N(Cc1ccccc1)c1ccccn1)n1nc2c(cc1=O)CCC2. The molecule has 0 saturated carbocycles. The van der Waals surface area contributed by atoms with Crippen LogP contribution in [-0.4, -0.2) is 20.7 Å². The van der Waals surface area contributed by atoms with E-state index in [0.29, 0.717) is 12.4 Å². The number of rotatable bonds is 5. The molecule has 1 aliphatic rings. The summed E-state index contributed by atoms with van der Waals surface area (Å²) in [7, 11) is 0. The Morgan fingerprint density at radius 2 is 1.93 bits per heavy atom. The molecule has 6 nitrogen and oxygen atoms in total. The van der Waals surface area contributed by atoms with Crippen molar-refractivity contribution in [1.29, 1.82) is 0 Å². The second kappa shape index (κ2) is 7.76. The molecule has 1 aliphatic carbocycles. The summed E-state index contributed by atoms with van der Waals surface area (Å²) in [5.41, 5.74) is 2.68. The van der Waals surface area contributed by atoms with Gasteiger partial charge in [-0.3, -0.25) is 14.5 Å². The quantitative estimate of drug-likeness (QED) is 0.689. The first kappa shape index (κ1) is 18.1. The number of carbonyl (C=O) groups excluding carboxylic acids is 1. The van der Waals surface area contributed by atoms with Crippen LogP contribution in [0.2, 0.25) is 0 Å². The Bertz CT molecular complexity index is 1030. The van der Waals surface area contributed by atoms with Crippen LogP contribution in [0, 0.1) is 0 Å². The van der Waals surface area contributed by atoms with Crippen LogP contribution in [0.3, 0.4) is 0 Å². The van der Waals surface area contributed by atoms with E-state index in [1.54, 1.807) is 30.2 Å². The molecule has 142 valence electrons. The first-order valence-corrected chi connectivity index (χ1v) is 9.51. The molecule has 0 N–H and O–H groups in total. The predicted molar refractivity (Wildman–Crippen MR) is 107 cm³/mol. The largest absolute Gasteiger partial charge is 0.290 e. The van der Waals surface area contributed by atoms with E-state index in [9.17, 15) is 9.59 Å². The average molecular weight is 374 g/mol. The topological polar surface area (TPSA) is 68.1 Å². The molecule has 6 heteroatoms. The second-order valence-corrected chi connectivity index (χ2v) is 7.03. The molecule has 0 fully saturated rings. The van der Waals surface area contributed by atoms with Gasteiger partial charge in [0.15, 0.2) is 0 Å². The summed E-state index contributed by atoms with van der Waals surface area (Å²) in [4.78, 5) is 31.9. The normalized spacial score (nSPS) is 13.8. The van der Waals surface area contributed by atoms with Crippen molar-refractivity contribution < 1.29 is 4.79 Å². The molecule has 0 saturated heterocycles. The number of amides is 1. The maximum absolute atomic E-state index is 13.4. The summed E-state index contributed by atoms with van der Waals surface area (Å²) in [6.45, 7) is 2.10. The fourth-order valence-corrected chi connectivity index (χ4v) is 3.57. The van der Waals surface area contributed by atoms with E-state index >= 15 is 0 Å². The number of pyridine rings is 1. The predicted octanol–water partition coefficient (Wildman–Crippen LogP) is 2.92. The van der Waals surface area contributed by atoms with E-state index in [-0.39, 0.29) is 11.5 Å². The Morgan fingerprint density at radius 1 is 1.14 bits per heavy atom. The van der Waals surface area contributed by atoms with Crippen molar-refractivity contribution in [3.05, 3.63) is 88.0 Å². The number of aromatic nitrogens is 3. The van der Waals surface area contributed by atoms with Gasteiger partial charge in [-0.25, -0.2) is 9.67 Å². The van der Waals surface area contributed by atoms with Crippen LogP contribution in [0.1, 0.15) is 36.2 Å². The summed E-state index contributed by atoms with van der Waals surface area (Å²) in [5, 5.41) is 4.49. The van der Waals surface area contributed by atoms with Gasteiger partial charge in [-0.15, -0.1) is 0 Å². The highest BCUT2D eigenvalue weighted by molar-refractivity contribution is 5.94. The minimum atomic E-state index is -0.718. The number of nitrogens with zero attached hydrogens (tertiary/aromatic N) is 4. The van der Waals surface area contributed by atoms with Crippen molar-refractivity contribution >= 4 is 11.7 Å². The van der Waals surface area contributed by atoms with Crippen LogP contribution < -0.4 is 10.5 Å². The van der Waals surface area contributed by atoms with E-state index in [1.165, 1.54) is 4.68 Å². The maximum atomic E-state index is 13.4. The van der Waals surface area contributed by atoms with Gasteiger partial charge in [-0.05, 0) is 49.4 Å². The molecule has 0 spiro atoms. The Morgan fingerprint density at radius 3 is 2.68 bits per heavy atom. The van der Waals surface area contributed by atoms with Gasteiger partial charge >= 0.3 is 0 Å². The van der Waals surface area contributed by atoms with Crippen LogP contribution in [0.4, 0.5) is 5.82 Å². The van der Waals surface area contributed by atoms with Crippen molar-refractivity contribution in [2.45, 2.75) is 38.8 Å². The van der Waals surface area contributed by atoms with E-state index in [4.69, 9.17) is 0 Å². The highest BCUT2D eigenvalue weighted by Gasteiger charge is 2.27. The lowest BCUT2D eigenvalue weighted by Crippen LogP contribution is -2.40. The van der Waals surface area contributed by atoms with Gasteiger partial charge in [0.05, 0.1) is 12.2 Å². The number of hydrogen-bond donors (Lipinski definition) is 0. The fraction of sp³-hybridized carbons (Fsp3) is 0.273. The lowest BCUT2D eigenvalue weighted by atomic mass is 10.2. The Hall–Kier alpha value is -3.28. The first-order valence-electron chi connectivity index (χ1n) is 9.51. The van der Waals surface area contributed by atoms with Crippen LogP contribution in [-0.2, 0) is 24.2 Å². The van der Waals surface area contributed by atoms with Crippen molar-refractivity contribution in [2.75, 3.05) is 4.90 Å². The second-order valence-electron chi connectivity index (χ2n) is 7.03. The molecule has 1 unspecified atom stereocenters. The summed E-state index contributed by atoms with van der Waals surface area (Å²) < 4.78 is 1.31. The zero-order chi connectivity index (χ0) is 19.5. The van der Waals surface area contributed by atoms with Gasteiger partial charge in [-0.1, -0.05) is 36.4 Å². The lowest BCUT2D eigenvalue weighted by Gasteiger charge is -2.25. The summed E-state index contributed by atoms with van der Waals surface area (Å²) >= 11 is 0. The minimum Gasteiger partial charge on any atom is -0.290 e. The highest BCUT2D eigenvalue weighted by Crippen LogP contribution is 2.21. The molecule has 4 rings (SSSR count). The smallest absolute Gasteiger partial charge is 0.267 e. The van der Waals surface area contributed by atoms with Crippen LogP contribution in [0.25, 0.3) is 0 Å². The Balaban J connectivity index is 1.68. The van der Waals surface area contributed by atoms with Crippen LogP contribution >= 0.6 is 0 Å². The van der Waals surface area contributed by atoms with Crippen molar-refractivity contribution in [1.82, 2.24) is 14.8 Å². The molecule has 0 radical (unpaired) electrons. The van der Waals surface area contributed by atoms with E-state index in [0.717, 1.165) is 36.1 Å². The number of anilines is 1. The molecule has 2 aromatic heterocycles. The molecule has 28 heavy (non-hydrogen) atoms. The lowest BCUT2D eigenvalue weighted by molar-refractivity contribution is -0.121. The molecule has 1 atom stereocenters. The third-order valence-corrected chi connectivity index (χ3v) is 5.08. The van der Waals surface area contributed by atoms with Crippen molar-refractivity contribution in [2.24, 2.45) is 0 Å². The van der Waals surface area contributed by atoms with Gasteiger partial charge in [0.2, 0.25) is 0 Å². The van der Waals surface area contributed by atoms with Crippen LogP contribution in [0.5, 0.6) is 0 Å². The molecule has 0 bridgehead atoms. The van der Waals surface area contributed by atoms with Gasteiger partial charge in [0.25, 0.3) is 11.5 Å². The maximum Gasteiger partial charge on any atom is 0.267 e. The van der Waals surface area contributed by atoms with Gasteiger partial charge in [0, 0.05) is 12.3 Å². The number of fused-ring (bicyclic) bond motifs is 1. The van der Waals surface area contributed by atoms with Gasteiger partial charge in [0.1, 0.15) is 11.9 Å². The third-order valence-electron chi connectivity index (χ3n) is 5.08. The van der Waals surface area contributed by atoms with Gasteiger partial charge < -0.3 is 0 Å². The van der Waals surface area contributed by atoms with E-state index in [1.807, 2.05) is 42.5 Å². The van der Waals surface area contributed by atoms with E-state index < -0.39 is 6.04 Å². The van der Waals surface area contributed by atoms with Crippen molar-refractivity contribution in [3.63, 3.8) is 0 Å². The summed E-state index contributed by atoms with van der Waals surface area (Å²) in [6.07, 6.45) is 4.40. The Labute approximate surface area is 163 Å². The number of benzene rings is 1. The first-order chi connectivity index (χ1) is 13.6. The molecular formula is C22H22N4O2. The highest BCUT2D eigenvalue weighted by atomic mass is 16.2. The molecular weight excluding hydrogens is 352 g/mol. The minimum absolute atomic E-state index is 0.213. The fourth-order valence-electron chi connectivity index (χ4n) is 3.57. The molecule has 3 aromatic rings. The molecule has 1 aromatic carbocycles. The zero-order valence-corrected chi connectivity index (χ0v) is 15.8. The van der Waals surface area contributed by atoms with Crippen LogP contribution in [0.15, 0.2) is 65.6 Å². The monoisotopic (exact) mass is 374 g/mol. The summed E-state index contributed by atoms with van der Waals surface area (Å²) in [5.74, 6) is 0.340. The summed E-state index contributed by atoms with van der Waals surface area (Å²) in [6, 6.07) is 16.1. The third kappa shape index (κ3) is 3.58. The average Bonchev–Trinajstić information content (AvgIpc) is 3.19. The number of aryl methyl sites for hydroxylation is 2. The number of hydrogen-bond acceptors (Lipinski definition) is 4. The van der Waals surface area contributed by atoms with Gasteiger partial charge in [-0.2, -0.15) is 5.10 Å². The Kier molecular flexibility index (Phi) is 5.02. The molecule has 1 amide bonds. The van der Waals surface area contributed by atoms with Crippen molar-refractivity contribution in [3.8, 4) is 0 Å². The standard InChI is InChI=1S/C22H22N4O2/c1-16(26-21(27)14-18-10-7-11-19(18)24-26)22(28)25(20-12-5-6-13-23-20)15-17-8-3-2-4-9-17/h2-6,8-9,12-14,16H,7,10-11,15H2,1H3. The molecule has 2 heterocycles.